The third-order valence-corrected chi connectivity index (χ3v) is 7.13. The minimum absolute atomic E-state index is 0. The van der Waals surface area contributed by atoms with Crippen LogP contribution in [-0.4, -0.2) is 40.4 Å². The molecule has 0 atom stereocenters. The van der Waals surface area contributed by atoms with E-state index in [0.29, 0.717) is 22.1 Å². The Balaban J connectivity index is 0.000000144. The number of nitrogens with zero attached hydrogens (tertiary/aromatic N) is 4. The van der Waals surface area contributed by atoms with Gasteiger partial charge in [-0.3, -0.25) is 4.98 Å². The average Bonchev–Trinajstić information content (AvgIpc) is 3.07. The molecule has 0 aliphatic carbocycles. The Bertz CT molecular complexity index is 2110. The number of aromatic nitrogens is 4. The number of hydrogen-bond acceptors (Lipinski definition) is 8. The molecule has 4 N–H and O–H groups in total. The molecule has 236 valence electrons. The second-order valence-electron chi connectivity index (χ2n) is 10.8. The number of rotatable bonds is 0. The Morgan fingerprint density at radius 1 is 0.354 bits per heavy atom. The zero-order valence-corrected chi connectivity index (χ0v) is 29.9. The first-order valence-corrected chi connectivity index (χ1v) is 14.9. The summed E-state index contributed by atoms with van der Waals surface area (Å²) >= 11 is 0. The molecule has 4 heterocycles. The van der Waals surface area contributed by atoms with Gasteiger partial charge in [0.25, 0.3) is 0 Å². The molecule has 4 aromatic heterocycles. The number of aryl methyl sites for hydroxylation is 3. The van der Waals surface area contributed by atoms with E-state index in [1.54, 1.807) is 36.5 Å². The minimum Gasteiger partial charge on any atom is -0.506 e. The molecular formula is C39H34N4O4Zn. The third kappa shape index (κ3) is 8.78. The third-order valence-electron chi connectivity index (χ3n) is 7.13. The van der Waals surface area contributed by atoms with Gasteiger partial charge in [-0.25, -0.2) is 15.0 Å². The molecule has 9 heteroatoms. The summed E-state index contributed by atoms with van der Waals surface area (Å²) in [4.78, 5) is 16.7. The van der Waals surface area contributed by atoms with Crippen molar-refractivity contribution in [3.05, 3.63) is 145 Å². The van der Waals surface area contributed by atoms with Crippen LogP contribution < -0.4 is 0 Å². The van der Waals surface area contributed by atoms with Gasteiger partial charge in [-0.1, -0.05) is 72.8 Å². The van der Waals surface area contributed by atoms with E-state index in [2.05, 4.69) is 19.9 Å². The van der Waals surface area contributed by atoms with Crippen molar-refractivity contribution in [1.82, 2.24) is 19.9 Å². The predicted octanol–water partition coefficient (Wildman–Crippen LogP) is 8.68. The topological polar surface area (TPSA) is 132 Å². The van der Waals surface area contributed by atoms with Gasteiger partial charge in [-0.2, -0.15) is 0 Å². The maximum absolute atomic E-state index is 9.43. The van der Waals surface area contributed by atoms with E-state index in [0.717, 1.165) is 38.6 Å². The maximum atomic E-state index is 9.43. The van der Waals surface area contributed by atoms with Crippen LogP contribution in [0.1, 0.15) is 17.1 Å². The summed E-state index contributed by atoms with van der Waals surface area (Å²) < 4.78 is 0. The van der Waals surface area contributed by atoms with Crippen LogP contribution in [0.25, 0.3) is 43.6 Å². The smallest absolute Gasteiger partial charge is 0.141 e. The number of aromatic hydroxyl groups is 4. The molecule has 8 rings (SSSR count). The number of phenolic OH excluding ortho intramolecular Hbond substituents is 4. The van der Waals surface area contributed by atoms with E-state index in [-0.39, 0.29) is 42.5 Å². The minimum atomic E-state index is 0. The summed E-state index contributed by atoms with van der Waals surface area (Å²) in [6.45, 7) is 5.73. The number of fused-ring (bicyclic) bond motifs is 4. The zero-order valence-electron chi connectivity index (χ0n) is 26.9. The Labute approximate surface area is 290 Å². The Morgan fingerprint density at radius 3 is 0.979 bits per heavy atom. The summed E-state index contributed by atoms with van der Waals surface area (Å²) in [6, 6.07) is 37.0. The van der Waals surface area contributed by atoms with Gasteiger partial charge in [0.15, 0.2) is 0 Å². The molecule has 48 heavy (non-hydrogen) atoms. The van der Waals surface area contributed by atoms with Crippen LogP contribution in [0.2, 0.25) is 0 Å². The van der Waals surface area contributed by atoms with Crippen LogP contribution >= 0.6 is 0 Å². The normalized spacial score (nSPS) is 10.1. The van der Waals surface area contributed by atoms with Crippen LogP contribution in [-0.2, 0) is 19.5 Å². The van der Waals surface area contributed by atoms with Crippen LogP contribution in [0.3, 0.4) is 0 Å². The van der Waals surface area contributed by atoms with Crippen molar-refractivity contribution in [3.8, 4) is 23.0 Å². The van der Waals surface area contributed by atoms with Crippen molar-refractivity contribution in [2.75, 3.05) is 0 Å². The molecule has 0 spiro atoms. The SMILES string of the molecule is Cc1ccc2cccc(O)c2n1.Cc1ccc2cccc(O)c2n1.Cc1ccc2cccc(O)c2n1.Oc1cccc2cccnc12.[Zn]. The van der Waals surface area contributed by atoms with Crippen molar-refractivity contribution >= 4 is 43.6 Å². The number of hydrogen-bond donors (Lipinski definition) is 4. The van der Waals surface area contributed by atoms with E-state index >= 15 is 0 Å². The van der Waals surface area contributed by atoms with E-state index in [9.17, 15) is 20.4 Å². The molecule has 0 bridgehead atoms. The molecule has 0 aliphatic rings. The molecule has 0 saturated heterocycles. The van der Waals surface area contributed by atoms with Crippen LogP contribution in [0, 0.1) is 20.8 Å². The van der Waals surface area contributed by atoms with E-state index < -0.39 is 0 Å². The molecule has 8 aromatic rings. The molecule has 0 amide bonds. The van der Waals surface area contributed by atoms with Crippen molar-refractivity contribution in [2.24, 2.45) is 0 Å². The van der Waals surface area contributed by atoms with Crippen molar-refractivity contribution in [2.45, 2.75) is 20.8 Å². The maximum Gasteiger partial charge on any atom is 0.141 e. The summed E-state index contributed by atoms with van der Waals surface area (Å²) in [6.07, 6.45) is 1.67. The van der Waals surface area contributed by atoms with Gasteiger partial charge in [0.1, 0.15) is 45.1 Å². The first-order valence-electron chi connectivity index (χ1n) is 14.9. The largest absolute Gasteiger partial charge is 0.506 e. The van der Waals surface area contributed by atoms with Crippen LogP contribution in [0.15, 0.2) is 128 Å². The molecule has 0 saturated carbocycles. The van der Waals surface area contributed by atoms with E-state index in [4.69, 9.17) is 0 Å². The molecule has 0 aliphatic heterocycles. The van der Waals surface area contributed by atoms with Crippen molar-refractivity contribution in [3.63, 3.8) is 0 Å². The van der Waals surface area contributed by atoms with Crippen molar-refractivity contribution < 1.29 is 39.9 Å². The fraction of sp³-hybridized carbons (Fsp3) is 0.0769. The molecule has 8 nitrogen and oxygen atoms in total. The van der Waals surface area contributed by atoms with Gasteiger partial charge >= 0.3 is 0 Å². The average molecular weight is 688 g/mol. The van der Waals surface area contributed by atoms with Gasteiger partial charge in [0, 0.05) is 64.3 Å². The molecule has 0 radical (unpaired) electrons. The summed E-state index contributed by atoms with van der Waals surface area (Å²) in [7, 11) is 0. The standard InChI is InChI=1S/3C10H9NO.C9H7NO.Zn/c3*1-7-5-6-8-3-2-4-9(12)10(8)11-7;11-8-5-1-3-7-4-2-6-10-9(7)8;/h3*2-6,12H,1H3;1-6,11H;. The second-order valence-corrected chi connectivity index (χ2v) is 10.8. The molecular weight excluding hydrogens is 654 g/mol. The number of phenols is 4. The predicted molar refractivity (Wildman–Crippen MR) is 188 cm³/mol. The number of para-hydroxylation sites is 4. The van der Waals surface area contributed by atoms with Gasteiger partial charge < -0.3 is 20.4 Å². The zero-order chi connectivity index (χ0) is 33.3. The van der Waals surface area contributed by atoms with Gasteiger partial charge in [0.05, 0.1) is 0 Å². The Hall–Kier alpha value is -5.66. The van der Waals surface area contributed by atoms with Gasteiger partial charge in [-0.15, -0.1) is 0 Å². The van der Waals surface area contributed by atoms with E-state index in [1.807, 2.05) is 112 Å². The van der Waals surface area contributed by atoms with Crippen LogP contribution in [0.4, 0.5) is 0 Å². The van der Waals surface area contributed by atoms with Crippen LogP contribution in [0.5, 0.6) is 23.0 Å². The summed E-state index contributed by atoms with van der Waals surface area (Å²) in [5.74, 6) is 0.978. The first-order chi connectivity index (χ1) is 22.7. The van der Waals surface area contributed by atoms with Crippen molar-refractivity contribution in [1.29, 1.82) is 0 Å². The fourth-order valence-corrected chi connectivity index (χ4v) is 4.78. The molecule has 0 fully saturated rings. The van der Waals surface area contributed by atoms with E-state index in [1.165, 1.54) is 0 Å². The molecule has 4 aromatic carbocycles. The first kappa shape index (κ1) is 35.2. The molecule has 0 unspecified atom stereocenters. The summed E-state index contributed by atoms with van der Waals surface area (Å²) in [5, 5.41) is 41.5. The Kier molecular flexibility index (Phi) is 11.9. The number of benzene rings is 4. The second kappa shape index (κ2) is 16.3. The summed E-state index contributed by atoms with van der Waals surface area (Å²) in [5.41, 5.74) is 5.46. The Morgan fingerprint density at radius 2 is 0.646 bits per heavy atom. The quantitative estimate of drug-likeness (QED) is 0.116. The monoisotopic (exact) mass is 686 g/mol. The van der Waals surface area contributed by atoms with Gasteiger partial charge in [0.2, 0.25) is 0 Å². The fourth-order valence-electron chi connectivity index (χ4n) is 4.78. The van der Waals surface area contributed by atoms with Gasteiger partial charge in [-0.05, 0) is 69.3 Å². The number of pyridine rings is 4.